The van der Waals surface area contributed by atoms with Gasteiger partial charge in [-0.05, 0) is 115 Å². The second-order valence-electron chi connectivity index (χ2n) is 24.0. The van der Waals surface area contributed by atoms with E-state index in [1.54, 1.807) is 0 Å². The van der Waals surface area contributed by atoms with Crippen molar-refractivity contribution in [3.05, 3.63) is 291 Å². The van der Waals surface area contributed by atoms with Gasteiger partial charge in [0.2, 0.25) is 0 Å². The predicted octanol–water partition coefficient (Wildman–Crippen LogP) is 19.1. The number of benzene rings is 11. The van der Waals surface area contributed by atoms with Crippen molar-refractivity contribution in [1.82, 2.24) is 19.1 Å². The Labute approximate surface area is 510 Å². The lowest BCUT2D eigenvalue weighted by atomic mass is 9.33. The topological polar surface area (TPSA) is 38.9 Å². The minimum absolute atomic E-state index is 0.237. The van der Waals surface area contributed by atoms with E-state index in [1.165, 1.54) is 47.8 Å². The van der Waals surface area contributed by atoms with Crippen molar-refractivity contribution in [2.45, 2.75) is 36.0 Å². The van der Waals surface area contributed by atoms with Gasteiger partial charge in [0, 0.05) is 59.9 Å². The number of hydrogen-bond donors (Lipinski definition) is 0. The van der Waals surface area contributed by atoms with Crippen molar-refractivity contribution >= 4 is 95.5 Å². The number of anilines is 3. The molecule has 0 spiro atoms. The Bertz CT molecular complexity index is 5060. The molecule has 0 radical (unpaired) electrons. The lowest BCUT2D eigenvalue weighted by Gasteiger charge is -2.43. The van der Waals surface area contributed by atoms with E-state index in [2.05, 4.69) is 320 Å². The van der Waals surface area contributed by atoms with Crippen LogP contribution in [-0.4, -0.2) is 25.8 Å². The summed E-state index contributed by atoms with van der Waals surface area (Å²) in [6, 6.07) is 105. The molecule has 17 rings (SSSR count). The Kier molecular flexibility index (Phi) is 11.8. The van der Waals surface area contributed by atoms with Gasteiger partial charge in [-0.25, -0.2) is 9.97 Å². The van der Waals surface area contributed by atoms with Crippen molar-refractivity contribution in [2.75, 3.05) is 4.90 Å². The molecule has 11 aromatic carbocycles. The summed E-state index contributed by atoms with van der Waals surface area (Å²) in [5.41, 5.74) is 23.0. The Morgan fingerprint density at radius 3 is 1.15 bits per heavy atom. The highest BCUT2D eigenvalue weighted by molar-refractivity contribution is 8.00. The Hall–Kier alpha value is -10.5. The van der Waals surface area contributed by atoms with Crippen LogP contribution in [0.25, 0.3) is 111 Å². The minimum atomic E-state index is -0.333. The highest BCUT2D eigenvalue weighted by atomic mass is 32.2. The zero-order valence-electron chi connectivity index (χ0n) is 48.4. The Balaban J connectivity index is 1.07. The number of nitrogens with zero attached hydrogens (tertiary/aromatic N) is 5. The van der Waals surface area contributed by atoms with Crippen molar-refractivity contribution in [1.29, 1.82) is 0 Å². The third-order valence-corrected chi connectivity index (χ3v) is 19.0. The average Bonchev–Trinajstić information content (AvgIpc) is 1.32. The number of para-hydroxylation sites is 4. The molecule has 0 bridgehead atoms. The van der Waals surface area contributed by atoms with Gasteiger partial charge in [0.05, 0.1) is 39.1 Å². The molecule has 0 saturated heterocycles. The number of aromatic nitrogens is 4. The molecule has 4 aromatic heterocycles. The summed E-state index contributed by atoms with van der Waals surface area (Å²) in [6.07, 6.45) is 0. The van der Waals surface area contributed by atoms with E-state index in [0.717, 1.165) is 112 Å². The number of hydrogen-bond acceptors (Lipinski definition) is 4. The van der Waals surface area contributed by atoms with Crippen LogP contribution in [0.5, 0.6) is 0 Å². The summed E-state index contributed by atoms with van der Waals surface area (Å²) in [5.74, 6) is 1.72. The molecular weight excluding hydrogens is 1070 g/mol. The summed E-state index contributed by atoms with van der Waals surface area (Å²) >= 11 is 1.88. The SMILES string of the molecule is CC(C)(C)c1cc2c3c(c1)N(c1c(-c4ccccc4)cc(-c4ccccc4)cc1-c1ccccc1)c1cc(-n4c5ccccc5c5ccccc54)nc(-c4ccccc4)c1B3c1c(cc(-n3c4ccccc4c4ccccc43)nc1-c1ccccc1)S2. The molecule has 2 aliphatic rings. The fraction of sp³-hybridized carbons (Fsp3) is 0.0500. The molecule has 0 N–H and O–H groups in total. The molecule has 0 aliphatic carbocycles. The zero-order chi connectivity index (χ0) is 57.9. The van der Waals surface area contributed by atoms with E-state index < -0.39 is 0 Å². The fourth-order valence-corrected chi connectivity index (χ4v) is 15.2. The van der Waals surface area contributed by atoms with Crippen molar-refractivity contribution < 1.29 is 0 Å². The van der Waals surface area contributed by atoms with Gasteiger partial charge in [-0.15, -0.1) is 0 Å². The van der Waals surface area contributed by atoms with E-state index in [9.17, 15) is 0 Å². The second-order valence-corrected chi connectivity index (χ2v) is 25.1. The van der Waals surface area contributed by atoms with Crippen molar-refractivity contribution in [3.8, 4) is 67.5 Å². The van der Waals surface area contributed by atoms with Crippen molar-refractivity contribution in [2.24, 2.45) is 0 Å². The molecule has 87 heavy (non-hydrogen) atoms. The Morgan fingerprint density at radius 1 is 0.333 bits per heavy atom. The number of rotatable bonds is 8. The van der Waals surface area contributed by atoms with Gasteiger partial charge in [0.25, 0.3) is 6.71 Å². The molecule has 0 fully saturated rings. The average molecular weight is 1130 g/mol. The maximum atomic E-state index is 6.13. The minimum Gasteiger partial charge on any atom is -0.310 e. The molecule has 6 heterocycles. The van der Waals surface area contributed by atoms with E-state index in [-0.39, 0.29) is 12.1 Å². The molecule has 15 aromatic rings. The van der Waals surface area contributed by atoms with Gasteiger partial charge in [-0.2, -0.15) is 0 Å². The maximum absolute atomic E-state index is 6.13. The van der Waals surface area contributed by atoms with Crippen molar-refractivity contribution in [3.63, 3.8) is 0 Å². The fourth-order valence-electron chi connectivity index (χ4n) is 14.0. The summed E-state index contributed by atoms with van der Waals surface area (Å²) in [6.45, 7) is 6.74. The van der Waals surface area contributed by atoms with Crippen LogP contribution in [0, 0.1) is 0 Å². The Morgan fingerprint density at radius 2 is 0.701 bits per heavy atom. The first kappa shape index (κ1) is 51.0. The van der Waals surface area contributed by atoms with Gasteiger partial charge in [-0.1, -0.05) is 257 Å². The molecule has 0 unspecified atom stereocenters. The van der Waals surface area contributed by atoms with Crippen LogP contribution in [0.1, 0.15) is 26.3 Å². The first-order chi connectivity index (χ1) is 42.8. The van der Waals surface area contributed by atoms with Gasteiger partial charge in [0.1, 0.15) is 11.6 Å². The molecule has 0 amide bonds. The monoisotopic (exact) mass is 1130 g/mol. The highest BCUT2D eigenvalue weighted by Crippen LogP contribution is 2.53. The van der Waals surface area contributed by atoms with Gasteiger partial charge in [0.15, 0.2) is 0 Å². The first-order valence-corrected chi connectivity index (χ1v) is 30.8. The predicted molar refractivity (Wildman–Crippen MR) is 366 cm³/mol. The van der Waals surface area contributed by atoms with Crippen LogP contribution >= 0.6 is 11.8 Å². The quantitative estimate of drug-likeness (QED) is 0.142. The van der Waals surface area contributed by atoms with Crippen LogP contribution in [0.15, 0.2) is 295 Å². The van der Waals surface area contributed by atoms with Crippen LogP contribution in [0.2, 0.25) is 0 Å². The van der Waals surface area contributed by atoms with Crippen LogP contribution < -0.4 is 21.3 Å². The van der Waals surface area contributed by atoms with E-state index in [4.69, 9.17) is 9.97 Å². The lowest BCUT2D eigenvalue weighted by molar-refractivity contribution is 0.589. The third kappa shape index (κ3) is 8.17. The lowest BCUT2D eigenvalue weighted by Crippen LogP contribution is -2.61. The second kappa shape index (κ2) is 20.1. The molecule has 7 heteroatoms. The number of fused-ring (bicyclic) bond motifs is 10. The standard InChI is InChI=1S/C80H56BN5S/c1-80(2,3)57-47-68-74-70(48-57)87-71-50-73(85-66-43-25-21-39-60(66)61-40-22-26-44-67(61)85)83-78(55-35-17-8-18-36-55)76(71)81(74)75-69(49-72(82-77(75)54-33-15-7-16-34-54)84-64-41-23-19-37-58(64)59-38-20-24-42-65(59)84)86(68)79-62(52-29-11-5-12-30-52)45-56(51-27-9-4-10-28-51)46-63(79)53-31-13-6-14-32-53/h4-50H,1-3H3. The van der Waals surface area contributed by atoms with Gasteiger partial charge >= 0.3 is 0 Å². The normalized spacial score (nSPS) is 12.7. The van der Waals surface area contributed by atoms with Gasteiger partial charge in [-0.3, -0.25) is 9.13 Å². The van der Waals surface area contributed by atoms with Gasteiger partial charge < -0.3 is 4.90 Å². The zero-order valence-corrected chi connectivity index (χ0v) is 49.2. The molecule has 2 aliphatic heterocycles. The summed E-state index contributed by atoms with van der Waals surface area (Å²) in [5, 5.41) is 4.76. The van der Waals surface area contributed by atoms with Crippen LogP contribution in [0.3, 0.4) is 0 Å². The van der Waals surface area contributed by atoms with E-state index >= 15 is 0 Å². The number of pyridine rings is 2. The summed E-state index contributed by atoms with van der Waals surface area (Å²) in [4.78, 5) is 17.2. The van der Waals surface area contributed by atoms with E-state index in [1.807, 2.05) is 11.8 Å². The summed E-state index contributed by atoms with van der Waals surface area (Å²) in [7, 11) is 0. The summed E-state index contributed by atoms with van der Waals surface area (Å²) < 4.78 is 4.78. The third-order valence-electron chi connectivity index (χ3n) is 17.9. The van der Waals surface area contributed by atoms with E-state index in [0.29, 0.717) is 0 Å². The van der Waals surface area contributed by atoms with Crippen LogP contribution in [0.4, 0.5) is 17.1 Å². The molecule has 410 valence electrons. The molecule has 0 saturated carbocycles. The molecule has 0 atom stereocenters. The smallest absolute Gasteiger partial charge is 0.255 e. The molecular formula is C80H56BN5S. The first-order valence-electron chi connectivity index (χ1n) is 30.0. The molecule has 5 nitrogen and oxygen atoms in total. The largest absolute Gasteiger partial charge is 0.310 e. The van der Waals surface area contributed by atoms with Crippen LogP contribution in [-0.2, 0) is 5.41 Å². The maximum Gasteiger partial charge on any atom is 0.255 e. The highest BCUT2D eigenvalue weighted by Gasteiger charge is 2.47.